The molecule has 0 spiro atoms. The molecule has 0 aliphatic heterocycles. The van der Waals surface area contributed by atoms with Crippen LogP contribution < -0.4 is 0 Å². The van der Waals surface area contributed by atoms with Gasteiger partial charge in [0.15, 0.2) is 0 Å². The molecule has 0 aliphatic rings. The molecule has 0 aliphatic carbocycles. The molecule has 0 heterocycles. The van der Waals surface area contributed by atoms with E-state index < -0.39 is 0 Å². The minimum absolute atomic E-state index is 0.794. The van der Waals surface area contributed by atoms with Crippen molar-refractivity contribution in [1.82, 2.24) is 0 Å². The van der Waals surface area contributed by atoms with Gasteiger partial charge in [-0.25, -0.2) is 0 Å². The van der Waals surface area contributed by atoms with Crippen molar-refractivity contribution in [1.29, 1.82) is 0 Å². The van der Waals surface area contributed by atoms with Crippen LogP contribution in [0.1, 0.15) is 0 Å². The number of rotatable bonds is 0. The summed E-state index contributed by atoms with van der Waals surface area (Å²) in [6.07, 6.45) is 0. The van der Waals surface area contributed by atoms with Crippen LogP contribution in [0.2, 0.25) is 5.02 Å². The van der Waals surface area contributed by atoms with Crippen molar-refractivity contribution in [3.8, 4) is 0 Å². The van der Waals surface area contributed by atoms with Crippen LogP contribution in [0.4, 0.5) is 0 Å². The first-order valence-electron chi connectivity index (χ1n) is 4.20. The molecule has 0 atom stereocenters. The topological polar surface area (TPSA) is 0 Å². The Hall–Kier alpha value is -0.540. The average Bonchev–Trinajstić information content (AvgIpc) is 2.21. The third kappa shape index (κ3) is 5.25. The van der Waals surface area contributed by atoms with E-state index in [1.807, 2.05) is 48.5 Å². The molecular weight excluding hydrogens is 306 g/mol. The number of hydrogen-bond donors (Lipinski definition) is 0. The zero-order valence-corrected chi connectivity index (χ0v) is 10.4. The van der Waals surface area contributed by atoms with Gasteiger partial charge >= 0.3 is 0 Å². The second-order valence-electron chi connectivity index (χ2n) is 2.59. The van der Waals surface area contributed by atoms with Crippen LogP contribution in [-0.2, 0) is 0 Å². The zero-order chi connectivity index (χ0) is 10.2. The molecule has 72 valence electrons. The van der Waals surface area contributed by atoms with Crippen molar-refractivity contribution >= 4 is 34.2 Å². The maximum atomic E-state index is 5.54. The van der Waals surface area contributed by atoms with E-state index in [9.17, 15) is 0 Å². The average molecular weight is 317 g/mol. The van der Waals surface area contributed by atoms with Crippen LogP contribution in [0.15, 0.2) is 60.7 Å². The summed E-state index contributed by atoms with van der Waals surface area (Å²) in [5.74, 6) is 0. The summed E-state index contributed by atoms with van der Waals surface area (Å²) in [7, 11) is 0. The quantitative estimate of drug-likeness (QED) is 0.622. The van der Waals surface area contributed by atoms with Crippen molar-refractivity contribution in [2.45, 2.75) is 0 Å². The molecule has 0 fully saturated rings. The Morgan fingerprint density at radius 3 is 1.36 bits per heavy atom. The van der Waals surface area contributed by atoms with Gasteiger partial charge in [-0.05, 0) is 46.9 Å². The SMILES string of the molecule is Clc1ccccc1.Ic1ccccc1. The molecule has 0 amide bonds. The third-order valence-corrected chi connectivity index (χ3v) is 2.44. The van der Waals surface area contributed by atoms with Crippen LogP contribution in [-0.4, -0.2) is 0 Å². The van der Waals surface area contributed by atoms with Gasteiger partial charge in [0.05, 0.1) is 0 Å². The molecule has 2 rings (SSSR count). The van der Waals surface area contributed by atoms with Crippen LogP contribution >= 0.6 is 34.2 Å². The molecule has 0 N–H and O–H groups in total. The van der Waals surface area contributed by atoms with Crippen LogP contribution in [0.3, 0.4) is 0 Å². The van der Waals surface area contributed by atoms with Gasteiger partial charge in [0.1, 0.15) is 0 Å². The predicted molar refractivity (Wildman–Crippen MR) is 70.6 cm³/mol. The second kappa shape index (κ2) is 6.85. The molecule has 14 heavy (non-hydrogen) atoms. The third-order valence-electron chi connectivity index (χ3n) is 1.47. The summed E-state index contributed by atoms with van der Waals surface area (Å²) in [6.45, 7) is 0. The van der Waals surface area contributed by atoms with Gasteiger partial charge in [0.2, 0.25) is 0 Å². The van der Waals surface area contributed by atoms with E-state index in [2.05, 4.69) is 34.7 Å². The Kier molecular flexibility index (Phi) is 5.64. The van der Waals surface area contributed by atoms with Gasteiger partial charge in [0.25, 0.3) is 0 Å². The number of benzene rings is 2. The second-order valence-corrected chi connectivity index (χ2v) is 4.27. The molecule has 0 nitrogen and oxygen atoms in total. The molecule has 2 aromatic carbocycles. The Bertz CT molecular complexity index is 308. The molecule has 2 aromatic rings. The molecule has 0 saturated carbocycles. The number of hydrogen-bond acceptors (Lipinski definition) is 0. The van der Waals surface area contributed by atoms with Crippen molar-refractivity contribution < 1.29 is 0 Å². The van der Waals surface area contributed by atoms with E-state index in [-0.39, 0.29) is 0 Å². The van der Waals surface area contributed by atoms with E-state index in [4.69, 9.17) is 11.6 Å². The highest BCUT2D eigenvalue weighted by Crippen LogP contribution is 2.03. The first kappa shape index (κ1) is 11.5. The highest BCUT2D eigenvalue weighted by molar-refractivity contribution is 14.1. The molecule has 0 saturated heterocycles. The highest BCUT2D eigenvalue weighted by atomic mass is 127. The summed E-state index contributed by atoms with van der Waals surface area (Å²) in [6, 6.07) is 19.7. The monoisotopic (exact) mass is 316 g/mol. The lowest BCUT2D eigenvalue weighted by Gasteiger charge is -1.80. The molecule has 0 bridgehead atoms. The molecule has 2 heteroatoms. The van der Waals surface area contributed by atoms with Gasteiger partial charge < -0.3 is 0 Å². The molecule has 0 aromatic heterocycles. The molecular formula is C12H10ClI. The van der Waals surface area contributed by atoms with Crippen LogP contribution in [0, 0.1) is 3.57 Å². The summed E-state index contributed by atoms with van der Waals surface area (Å²) >= 11 is 7.82. The van der Waals surface area contributed by atoms with Gasteiger partial charge in [-0.15, -0.1) is 0 Å². The van der Waals surface area contributed by atoms with Crippen LogP contribution in [0.5, 0.6) is 0 Å². The Morgan fingerprint density at radius 2 is 1.14 bits per heavy atom. The van der Waals surface area contributed by atoms with Crippen LogP contribution in [0.25, 0.3) is 0 Å². The summed E-state index contributed by atoms with van der Waals surface area (Å²) in [4.78, 5) is 0. The van der Waals surface area contributed by atoms with Gasteiger partial charge in [-0.2, -0.15) is 0 Å². The van der Waals surface area contributed by atoms with Gasteiger partial charge in [0, 0.05) is 8.59 Å². The summed E-state index contributed by atoms with van der Waals surface area (Å²) < 4.78 is 1.29. The summed E-state index contributed by atoms with van der Waals surface area (Å²) in [5.41, 5.74) is 0. The standard InChI is InChI=1S/C6H5Cl.C6H5I/c2*7-6-4-2-1-3-5-6/h2*1-5H. The van der Waals surface area contributed by atoms with Crippen molar-refractivity contribution in [2.75, 3.05) is 0 Å². The maximum Gasteiger partial charge on any atom is 0.0405 e. The Balaban J connectivity index is 0.000000140. The van der Waals surface area contributed by atoms with Crippen molar-refractivity contribution in [3.05, 3.63) is 69.3 Å². The predicted octanol–water partition coefficient (Wildman–Crippen LogP) is 4.63. The minimum Gasteiger partial charge on any atom is -0.0843 e. The van der Waals surface area contributed by atoms with E-state index in [1.54, 1.807) is 0 Å². The molecule has 0 radical (unpaired) electrons. The number of halogens is 2. The maximum absolute atomic E-state index is 5.54. The fourth-order valence-corrected chi connectivity index (χ4v) is 1.39. The van der Waals surface area contributed by atoms with Gasteiger partial charge in [-0.1, -0.05) is 48.0 Å². The first-order chi connectivity index (χ1) is 6.79. The van der Waals surface area contributed by atoms with E-state index in [0.29, 0.717) is 0 Å². The van der Waals surface area contributed by atoms with E-state index >= 15 is 0 Å². The van der Waals surface area contributed by atoms with E-state index in [1.165, 1.54) is 3.57 Å². The molecule has 0 unspecified atom stereocenters. The smallest absolute Gasteiger partial charge is 0.0405 e. The van der Waals surface area contributed by atoms with Crippen molar-refractivity contribution in [3.63, 3.8) is 0 Å². The zero-order valence-electron chi connectivity index (χ0n) is 7.53. The van der Waals surface area contributed by atoms with Gasteiger partial charge in [-0.3, -0.25) is 0 Å². The fraction of sp³-hybridized carbons (Fsp3) is 0. The Labute approximate surface area is 103 Å². The highest BCUT2D eigenvalue weighted by Gasteiger charge is 1.75. The summed E-state index contributed by atoms with van der Waals surface area (Å²) in [5, 5.41) is 0.794. The lowest BCUT2D eigenvalue weighted by molar-refractivity contribution is 1.65. The lowest BCUT2D eigenvalue weighted by Crippen LogP contribution is -1.61. The van der Waals surface area contributed by atoms with E-state index in [0.717, 1.165) is 5.02 Å². The fourth-order valence-electron chi connectivity index (χ4n) is 0.829. The largest absolute Gasteiger partial charge is 0.0843 e. The minimum atomic E-state index is 0.794. The Morgan fingerprint density at radius 1 is 0.714 bits per heavy atom. The first-order valence-corrected chi connectivity index (χ1v) is 5.66. The normalized spacial score (nSPS) is 8.71. The lowest BCUT2D eigenvalue weighted by atomic mass is 10.4. The van der Waals surface area contributed by atoms with Crippen molar-refractivity contribution in [2.24, 2.45) is 0 Å².